The largest absolute Gasteiger partial charge is 0.378 e. The minimum absolute atomic E-state index is 0.176. The van der Waals surface area contributed by atoms with E-state index < -0.39 is 0 Å². The van der Waals surface area contributed by atoms with Gasteiger partial charge in [-0.1, -0.05) is 0 Å². The second kappa shape index (κ2) is 7.19. The molecule has 0 saturated carbocycles. The van der Waals surface area contributed by atoms with Crippen LogP contribution < -0.4 is 0 Å². The van der Waals surface area contributed by atoms with E-state index in [0.29, 0.717) is 31.9 Å². The Hall–Kier alpha value is -1.47. The molecule has 1 amide bonds. The topological polar surface area (TPSA) is 80.3 Å². The molecule has 122 valence electrons. The van der Waals surface area contributed by atoms with Gasteiger partial charge in [0.2, 0.25) is 5.91 Å². The highest BCUT2D eigenvalue weighted by Gasteiger charge is 2.28. The van der Waals surface area contributed by atoms with Crippen LogP contribution in [0.1, 0.15) is 49.9 Å². The van der Waals surface area contributed by atoms with Gasteiger partial charge in [0.05, 0.1) is 19.3 Å². The summed E-state index contributed by atoms with van der Waals surface area (Å²) >= 11 is 0. The summed E-state index contributed by atoms with van der Waals surface area (Å²) in [6.07, 6.45) is 4.83. The van der Waals surface area contributed by atoms with Gasteiger partial charge in [0.1, 0.15) is 11.9 Å². The highest BCUT2D eigenvalue weighted by molar-refractivity contribution is 5.76. The van der Waals surface area contributed by atoms with Gasteiger partial charge in [-0.15, -0.1) is 0 Å². The molecule has 2 aliphatic heterocycles. The predicted octanol–water partition coefficient (Wildman–Crippen LogP) is 1.36. The molecule has 0 radical (unpaired) electrons. The molecule has 1 N–H and O–H groups in total. The Kier molecular flexibility index (Phi) is 5.04. The number of aromatic nitrogens is 3. The van der Waals surface area contributed by atoms with Gasteiger partial charge in [-0.05, 0) is 32.6 Å². The Morgan fingerprint density at radius 1 is 1.36 bits per heavy atom. The second-order valence-corrected chi connectivity index (χ2v) is 6.01. The molecule has 0 bridgehead atoms. The first-order valence-corrected chi connectivity index (χ1v) is 8.12. The van der Waals surface area contributed by atoms with Gasteiger partial charge in [-0.2, -0.15) is 5.10 Å². The second-order valence-electron chi connectivity index (χ2n) is 6.01. The van der Waals surface area contributed by atoms with Crippen LogP contribution in [0.2, 0.25) is 0 Å². The number of hydrogen-bond donors (Lipinski definition) is 1. The summed E-state index contributed by atoms with van der Waals surface area (Å²) < 4.78 is 11.4. The van der Waals surface area contributed by atoms with Crippen molar-refractivity contribution < 1.29 is 14.3 Å². The highest BCUT2D eigenvalue weighted by Crippen LogP contribution is 2.21. The normalized spacial score (nSPS) is 26.1. The molecule has 3 heterocycles. The minimum Gasteiger partial charge on any atom is -0.378 e. The Morgan fingerprint density at radius 2 is 2.27 bits per heavy atom. The molecule has 2 unspecified atom stereocenters. The lowest BCUT2D eigenvalue weighted by atomic mass is 10.0. The van der Waals surface area contributed by atoms with Crippen LogP contribution in [-0.4, -0.2) is 58.4 Å². The first kappa shape index (κ1) is 15.4. The fourth-order valence-electron chi connectivity index (χ4n) is 3.01. The number of morpholine rings is 1. The molecule has 2 saturated heterocycles. The lowest BCUT2D eigenvalue weighted by Gasteiger charge is -2.32. The number of carbonyl (C=O) groups is 1. The number of hydrogen-bond acceptors (Lipinski definition) is 5. The van der Waals surface area contributed by atoms with Crippen molar-refractivity contribution in [1.29, 1.82) is 0 Å². The van der Waals surface area contributed by atoms with Crippen molar-refractivity contribution in [3.8, 4) is 0 Å². The fraction of sp³-hybridized carbons (Fsp3) is 0.800. The van der Waals surface area contributed by atoms with Crippen molar-refractivity contribution in [3.63, 3.8) is 0 Å². The van der Waals surface area contributed by atoms with Crippen molar-refractivity contribution in [2.45, 2.75) is 51.2 Å². The van der Waals surface area contributed by atoms with Gasteiger partial charge in [0.15, 0.2) is 5.82 Å². The summed E-state index contributed by atoms with van der Waals surface area (Å²) in [6, 6.07) is 0. The number of nitrogens with one attached hydrogen (secondary N) is 1. The Balaban J connectivity index is 1.49. The van der Waals surface area contributed by atoms with Crippen molar-refractivity contribution in [2.75, 3.05) is 26.3 Å². The average molecular weight is 308 g/mol. The molecule has 22 heavy (non-hydrogen) atoms. The third-order valence-electron chi connectivity index (χ3n) is 4.28. The first-order valence-electron chi connectivity index (χ1n) is 8.12. The Morgan fingerprint density at radius 3 is 3.00 bits per heavy atom. The number of aryl methyl sites for hydroxylation is 1. The number of H-pyrrole nitrogens is 1. The number of rotatable bonds is 4. The zero-order valence-electron chi connectivity index (χ0n) is 13.1. The molecule has 0 aliphatic carbocycles. The van der Waals surface area contributed by atoms with Crippen LogP contribution in [0.15, 0.2) is 0 Å². The monoisotopic (exact) mass is 308 g/mol. The summed E-state index contributed by atoms with van der Waals surface area (Å²) in [5.41, 5.74) is 0. The molecular formula is C15H24N4O3. The van der Waals surface area contributed by atoms with E-state index in [2.05, 4.69) is 15.2 Å². The zero-order valence-corrected chi connectivity index (χ0v) is 13.1. The molecule has 7 nitrogen and oxygen atoms in total. The van der Waals surface area contributed by atoms with Crippen LogP contribution >= 0.6 is 0 Å². The smallest absolute Gasteiger partial charge is 0.222 e. The van der Waals surface area contributed by atoms with E-state index in [-0.39, 0.29) is 18.1 Å². The molecular weight excluding hydrogens is 284 g/mol. The predicted molar refractivity (Wildman–Crippen MR) is 79.2 cm³/mol. The van der Waals surface area contributed by atoms with Crippen molar-refractivity contribution in [2.24, 2.45) is 0 Å². The molecule has 2 atom stereocenters. The van der Waals surface area contributed by atoms with E-state index >= 15 is 0 Å². The molecule has 7 heteroatoms. The van der Waals surface area contributed by atoms with Crippen LogP contribution in [-0.2, 0) is 14.3 Å². The molecule has 0 spiro atoms. The minimum atomic E-state index is -0.228. The Bertz CT molecular complexity index is 499. The number of carbonyl (C=O) groups excluding carboxylic acids is 1. The Labute approximate surface area is 130 Å². The van der Waals surface area contributed by atoms with Gasteiger partial charge in [0, 0.05) is 19.6 Å². The molecule has 0 aromatic carbocycles. The molecule has 1 aromatic rings. The lowest BCUT2D eigenvalue weighted by Crippen LogP contribution is -2.42. The summed E-state index contributed by atoms with van der Waals surface area (Å²) in [5, 5.41) is 6.95. The van der Waals surface area contributed by atoms with E-state index in [1.54, 1.807) is 0 Å². The number of amides is 1. The average Bonchev–Trinajstić information content (AvgIpc) is 3.00. The van der Waals surface area contributed by atoms with Crippen molar-refractivity contribution in [3.05, 3.63) is 11.6 Å². The summed E-state index contributed by atoms with van der Waals surface area (Å²) in [7, 11) is 0. The van der Waals surface area contributed by atoms with E-state index in [4.69, 9.17) is 9.47 Å². The fourth-order valence-corrected chi connectivity index (χ4v) is 3.01. The van der Waals surface area contributed by atoms with Crippen molar-refractivity contribution >= 4 is 5.91 Å². The molecule has 2 fully saturated rings. The highest BCUT2D eigenvalue weighted by atomic mass is 16.5. The van der Waals surface area contributed by atoms with E-state index in [0.717, 1.165) is 31.7 Å². The summed E-state index contributed by atoms with van der Waals surface area (Å²) in [5.74, 6) is 1.57. The molecule has 2 aliphatic rings. The maximum Gasteiger partial charge on any atom is 0.222 e. The zero-order chi connectivity index (χ0) is 15.4. The van der Waals surface area contributed by atoms with Gasteiger partial charge in [0.25, 0.3) is 0 Å². The van der Waals surface area contributed by atoms with Gasteiger partial charge < -0.3 is 14.4 Å². The van der Waals surface area contributed by atoms with Crippen LogP contribution in [0, 0.1) is 6.92 Å². The lowest BCUT2D eigenvalue weighted by molar-refractivity contribution is -0.140. The van der Waals surface area contributed by atoms with Crippen LogP contribution in [0.25, 0.3) is 0 Å². The third kappa shape index (κ3) is 3.84. The van der Waals surface area contributed by atoms with Crippen LogP contribution in [0.4, 0.5) is 0 Å². The quantitative estimate of drug-likeness (QED) is 0.908. The molecule has 1 aromatic heterocycles. The van der Waals surface area contributed by atoms with Gasteiger partial charge >= 0.3 is 0 Å². The van der Waals surface area contributed by atoms with E-state index in [9.17, 15) is 4.79 Å². The SMILES string of the molecule is Cc1nc(C2CN(C(=O)CCC3CCCCO3)CCO2)n[nH]1. The van der Waals surface area contributed by atoms with Crippen LogP contribution in [0.5, 0.6) is 0 Å². The maximum atomic E-state index is 12.4. The maximum absolute atomic E-state index is 12.4. The number of aromatic amines is 1. The first-order chi connectivity index (χ1) is 10.7. The standard InChI is InChI=1S/C15H24N4O3/c1-11-16-15(18-17-11)13-10-19(7-9-22-13)14(20)6-5-12-4-2-3-8-21-12/h12-13H,2-10H2,1H3,(H,16,17,18). The van der Waals surface area contributed by atoms with E-state index in [1.165, 1.54) is 6.42 Å². The number of ether oxygens (including phenoxy) is 2. The summed E-state index contributed by atoms with van der Waals surface area (Å²) in [4.78, 5) is 18.6. The van der Waals surface area contributed by atoms with Gasteiger partial charge in [-0.3, -0.25) is 9.89 Å². The van der Waals surface area contributed by atoms with Crippen molar-refractivity contribution in [1.82, 2.24) is 20.1 Å². The van der Waals surface area contributed by atoms with E-state index in [1.807, 2.05) is 11.8 Å². The third-order valence-corrected chi connectivity index (χ3v) is 4.28. The van der Waals surface area contributed by atoms with Gasteiger partial charge in [-0.25, -0.2) is 4.98 Å². The summed E-state index contributed by atoms with van der Waals surface area (Å²) in [6.45, 7) is 4.39. The molecule has 3 rings (SSSR count). The van der Waals surface area contributed by atoms with Crippen LogP contribution in [0.3, 0.4) is 0 Å². The number of nitrogens with zero attached hydrogens (tertiary/aromatic N) is 3.